The van der Waals surface area contributed by atoms with Gasteiger partial charge in [-0.1, -0.05) is 20.3 Å². The third-order valence-corrected chi connectivity index (χ3v) is 3.89. The van der Waals surface area contributed by atoms with Crippen molar-refractivity contribution in [3.8, 4) is 0 Å². The number of hydrogen-bond donors (Lipinski definition) is 2. The van der Waals surface area contributed by atoms with Crippen LogP contribution in [-0.2, 0) is 0 Å². The molecule has 100 valence electrons. The van der Waals surface area contributed by atoms with E-state index in [0.717, 1.165) is 18.0 Å². The highest BCUT2D eigenvalue weighted by molar-refractivity contribution is 5.42. The summed E-state index contributed by atoms with van der Waals surface area (Å²) in [6, 6.07) is 0. The van der Waals surface area contributed by atoms with E-state index in [0.29, 0.717) is 17.2 Å². The maximum absolute atomic E-state index is 5.80. The van der Waals surface area contributed by atoms with Crippen molar-refractivity contribution in [3.05, 3.63) is 11.8 Å². The van der Waals surface area contributed by atoms with E-state index in [-0.39, 0.29) is 0 Å². The van der Waals surface area contributed by atoms with Gasteiger partial charge in [0, 0.05) is 18.3 Å². The SMILES string of the molecule is Cc1cnc(NCC2(CC(C)C)CCC2)nc1N. The number of nitrogens with zero attached hydrogens (tertiary/aromatic N) is 2. The molecule has 1 aliphatic carbocycles. The quantitative estimate of drug-likeness (QED) is 0.840. The van der Waals surface area contributed by atoms with E-state index in [4.69, 9.17) is 5.73 Å². The molecule has 0 aliphatic heterocycles. The van der Waals surface area contributed by atoms with Crippen molar-refractivity contribution in [2.45, 2.75) is 46.5 Å². The Hall–Kier alpha value is -1.32. The summed E-state index contributed by atoms with van der Waals surface area (Å²) in [5, 5.41) is 3.36. The number of aromatic nitrogens is 2. The Bertz CT molecular complexity index is 410. The molecule has 1 saturated carbocycles. The van der Waals surface area contributed by atoms with E-state index in [1.807, 2.05) is 6.92 Å². The summed E-state index contributed by atoms with van der Waals surface area (Å²) in [6.07, 6.45) is 7.05. The first-order chi connectivity index (χ1) is 8.51. The Morgan fingerprint density at radius 1 is 1.44 bits per heavy atom. The molecule has 0 spiro atoms. The standard InChI is InChI=1S/C14H24N4/c1-10(2)7-14(5-4-6-14)9-17-13-16-8-11(3)12(15)18-13/h8,10H,4-7,9H2,1-3H3,(H3,15,16,17,18). The molecule has 1 aromatic heterocycles. The van der Waals surface area contributed by atoms with Crippen LogP contribution in [0.1, 0.15) is 45.1 Å². The number of anilines is 2. The number of rotatable bonds is 5. The maximum atomic E-state index is 5.80. The van der Waals surface area contributed by atoms with Gasteiger partial charge in [0.15, 0.2) is 0 Å². The van der Waals surface area contributed by atoms with E-state index >= 15 is 0 Å². The molecule has 0 unspecified atom stereocenters. The van der Waals surface area contributed by atoms with E-state index in [2.05, 4.69) is 29.1 Å². The lowest BCUT2D eigenvalue weighted by atomic mass is 9.64. The summed E-state index contributed by atoms with van der Waals surface area (Å²) in [7, 11) is 0. The molecule has 0 atom stereocenters. The number of aryl methyl sites for hydroxylation is 1. The smallest absolute Gasteiger partial charge is 0.224 e. The van der Waals surface area contributed by atoms with Crippen LogP contribution in [0.3, 0.4) is 0 Å². The summed E-state index contributed by atoms with van der Waals surface area (Å²) >= 11 is 0. The van der Waals surface area contributed by atoms with Gasteiger partial charge >= 0.3 is 0 Å². The molecule has 1 fully saturated rings. The van der Waals surface area contributed by atoms with Gasteiger partial charge in [0.1, 0.15) is 5.82 Å². The van der Waals surface area contributed by atoms with Gasteiger partial charge in [0.2, 0.25) is 5.95 Å². The summed E-state index contributed by atoms with van der Waals surface area (Å²) in [4.78, 5) is 8.55. The van der Waals surface area contributed by atoms with Crippen molar-refractivity contribution in [1.82, 2.24) is 9.97 Å². The molecule has 0 bridgehead atoms. The van der Waals surface area contributed by atoms with Crippen LogP contribution >= 0.6 is 0 Å². The molecule has 4 nitrogen and oxygen atoms in total. The van der Waals surface area contributed by atoms with Gasteiger partial charge in [-0.3, -0.25) is 0 Å². The van der Waals surface area contributed by atoms with Gasteiger partial charge in [-0.15, -0.1) is 0 Å². The summed E-state index contributed by atoms with van der Waals surface area (Å²) in [5.74, 6) is 1.98. The molecule has 0 aromatic carbocycles. The Morgan fingerprint density at radius 3 is 2.67 bits per heavy atom. The second-order valence-corrected chi connectivity index (χ2v) is 6.07. The fraction of sp³-hybridized carbons (Fsp3) is 0.714. The van der Waals surface area contributed by atoms with Crippen molar-refractivity contribution >= 4 is 11.8 Å². The molecule has 1 aliphatic rings. The summed E-state index contributed by atoms with van der Waals surface area (Å²) < 4.78 is 0. The van der Waals surface area contributed by atoms with Crippen LogP contribution in [0, 0.1) is 18.3 Å². The second kappa shape index (κ2) is 5.12. The number of hydrogen-bond acceptors (Lipinski definition) is 4. The molecule has 2 rings (SSSR count). The Morgan fingerprint density at radius 2 is 2.17 bits per heavy atom. The summed E-state index contributed by atoms with van der Waals surface area (Å²) in [6.45, 7) is 7.47. The minimum absolute atomic E-state index is 0.456. The van der Waals surface area contributed by atoms with Crippen LogP contribution in [-0.4, -0.2) is 16.5 Å². The fourth-order valence-electron chi connectivity index (χ4n) is 2.80. The van der Waals surface area contributed by atoms with Crippen LogP contribution in [0.2, 0.25) is 0 Å². The highest BCUT2D eigenvalue weighted by Gasteiger charge is 2.37. The zero-order valence-corrected chi connectivity index (χ0v) is 11.7. The van der Waals surface area contributed by atoms with Crippen molar-refractivity contribution in [2.24, 2.45) is 11.3 Å². The molecule has 18 heavy (non-hydrogen) atoms. The third-order valence-electron chi connectivity index (χ3n) is 3.89. The second-order valence-electron chi connectivity index (χ2n) is 6.07. The molecule has 0 saturated heterocycles. The van der Waals surface area contributed by atoms with Gasteiger partial charge < -0.3 is 11.1 Å². The molecular formula is C14H24N4. The van der Waals surface area contributed by atoms with Crippen molar-refractivity contribution < 1.29 is 0 Å². The van der Waals surface area contributed by atoms with Crippen LogP contribution < -0.4 is 11.1 Å². The topological polar surface area (TPSA) is 63.8 Å². The first-order valence-electron chi connectivity index (χ1n) is 6.84. The molecule has 0 amide bonds. The third kappa shape index (κ3) is 2.92. The van der Waals surface area contributed by atoms with Crippen LogP contribution in [0.25, 0.3) is 0 Å². The number of nitrogen functional groups attached to an aromatic ring is 1. The van der Waals surface area contributed by atoms with E-state index in [9.17, 15) is 0 Å². The lowest BCUT2D eigenvalue weighted by Crippen LogP contribution is -2.38. The molecule has 3 N–H and O–H groups in total. The largest absolute Gasteiger partial charge is 0.383 e. The van der Waals surface area contributed by atoms with Gasteiger partial charge in [-0.05, 0) is 37.5 Å². The summed E-state index contributed by atoms with van der Waals surface area (Å²) in [5.41, 5.74) is 7.18. The first kappa shape index (κ1) is 13.1. The van der Waals surface area contributed by atoms with Gasteiger partial charge in [0.05, 0.1) is 0 Å². The Labute approximate surface area is 109 Å². The van der Waals surface area contributed by atoms with Crippen LogP contribution in [0.15, 0.2) is 6.20 Å². The van der Waals surface area contributed by atoms with Gasteiger partial charge in [-0.25, -0.2) is 4.98 Å². The normalized spacial score (nSPS) is 17.6. The van der Waals surface area contributed by atoms with E-state index in [1.165, 1.54) is 25.7 Å². The lowest BCUT2D eigenvalue weighted by molar-refractivity contribution is 0.116. The minimum atomic E-state index is 0.456. The molecule has 4 heteroatoms. The van der Waals surface area contributed by atoms with Gasteiger partial charge in [0.25, 0.3) is 0 Å². The average molecular weight is 248 g/mol. The highest BCUT2D eigenvalue weighted by Crippen LogP contribution is 2.45. The fourth-order valence-corrected chi connectivity index (χ4v) is 2.80. The molecule has 1 aromatic rings. The predicted octanol–water partition coefficient (Wildman–Crippen LogP) is 3.00. The molecule has 0 radical (unpaired) electrons. The van der Waals surface area contributed by atoms with Crippen LogP contribution in [0.5, 0.6) is 0 Å². The Balaban J connectivity index is 1.95. The number of nitrogens with two attached hydrogens (primary N) is 1. The van der Waals surface area contributed by atoms with E-state index in [1.54, 1.807) is 6.20 Å². The Kier molecular flexibility index (Phi) is 3.73. The maximum Gasteiger partial charge on any atom is 0.224 e. The lowest BCUT2D eigenvalue weighted by Gasteiger charge is -2.43. The van der Waals surface area contributed by atoms with E-state index < -0.39 is 0 Å². The molecule has 1 heterocycles. The van der Waals surface area contributed by atoms with Gasteiger partial charge in [-0.2, -0.15) is 4.98 Å². The zero-order valence-electron chi connectivity index (χ0n) is 11.7. The average Bonchev–Trinajstić information content (AvgIpc) is 2.26. The van der Waals surface area contributed by atoms with Crippen molar-refractivity contribution in [1.29, 1.82) is 0 Å². The first-order valence-corrected chi connectivity index (χ1v) is 6.84. The number of nitrogens with one attached hydrogen (secondary N) is 1. The zero-order chi connectivity index (χ0) is 13.2. The van der Waals surface area contributed by atoms with Crippen LogP contribution in [0.4, 0.5) is 11.8 Å². The minimum Gasteiger partial charge on any atom is -0.383 e. The predicted molar refractivity (Wildman–Crippen MR) is 75.4 cm³/mol. The highest BCUT2D eigenvalue weighted by atomic mass is 15.1. The monoisotopic (exact) mass is 248 g/mol. The van der Waals surface area contributed by atoms with Crippen molar-refractivity contribution in [3.63, 3.8) is 0 Å². The van der Waals surface area contributed by atoms with Crippen molar-refractivity contribution in [2.75, 3.05) is 17.6 Å². The molecular weight excluding hydrogens is 224 g/mol.